The van der Waals surface area contributed by atoms with E-state index >= 15 is 0 Å². The molecule has 0 heterocycles. The lowest BCUT2D eigenvalue weighted by Gasteiger charge is -2.08. The van der Waals surface area contributed by atoms with Crippen molar-refractivity contribution in [1.29, 1.82) is 0 Å². The lowest BCUT2D eigenvalue weighted by Crippen LogP contribution is -2.10. The normalized spacial score (nSPS) is 10.6. The van der Waals surface area contributed by atoms with Gasteiger partial charge in [-0.15, -0.1) is 0 Å². The standard InChI is InChI=1S/C15H14F2N2OS/c16-15(17)21-13-7-5-12(6-8-13)19-9-10-1-3-11(4-2-10)14(18)20/h1-8,15,19H,9H2,(H2,18,20). The van der Waals surface area contributed by atoms with Crippen LogP contribution in [0.2, 0.25) is 0 Å². The fourth-order valence-electron chi connectivity index (χ4n) is 1.75. The number of hydrogen-bond acceptors (Lipinski definition) is 3. The second kappa shape index (κ2) is 7.08. The molecule has 0 aliphatic rings. The molecule has 0 unspecified atom stereocenters. The monoisotopic (exact) mass is 308 g/mol. The molecule has 0 bridgehead atoms. The summed E-state index contributed by atoms with van der Waals surface area (Å²) in [5.74, 6) is -2.87. The van der Waals surface area contributed by atoms with Gasteiger partial charge in [0.1, 0.15) is 0 Å². The number of amides is 1. The Bertz CT molecular complexity index is 600. The van der Waals surface area contributed by atoms with Crippen molar-refractivity contribution in [3.05, 3.63) is 59.7 Å². The second-order valence-corrected chi connectivity index (χ2v) is 5.38. The molecule has 21 heavy (non-hydrogen) atoms. The summed E-state index contributed by atoms with van der Waals surface area (Å²) in [6, 6.07) is 13.8. The van der Waals surface area contributed by atoms with Crippen LogP contribution in [0.1, 0.15) is 15.9 Å². The summed E-state index contributed by atoms with van der Waals surface area (Å²) >= 11 is 0.521. The van der Waals surface area contributed by atoms with E-state index in [1.54, 1.807) is 36.4 Å². The summed E-state index contributed by atoms with van der Waals surface area (Å²) in [6.07, 6.45) is 0. The predicted octanol–water partition coefficient (Wildman–Crippen LogP) is 3.71. The molecule has 0 aliphatic heterocycles. The molecule has 0 radical (unpaired) electrons. The summed E-state index contributed by atoms with van der Waals surface area (Å²) in [5, 5.41) is 3.18. The smallest absolute Gasteiger partial charge is 0.288 e. The summed E-state index contributed by atoms with van der Waals surface area (Å²) < 4.78 is 24.4. The van der Waals surface area contributed by atoms with Gasteiger partial charge in [0.15, 0.2) is 0 Å². The molecule has 6 heteroatoms. The van der Waals surface area contributed by atoms with E-state index in [9.17, 15) is 13.6 Å². The van der Waals surface area contributed by atoms with Crippen LogP contribution in [0, 0.1) is 0 Å². The van der Waals surface area contributed by atoms with Crippen molar-refractivity contribution in [2.75, 3.05) is 5.32 Å². The molecule has 0 saturated carbocycles. The molecular weight excluding hydrogens is 294 g/mol. The Morgan fingerprint density at radius 1 is 1.10 bits per heavy atom. The average Bonchev–Trinajstić information content (AvgIpc) is 2.46. The first-order valence-corrected chi connectivity index (χ1v) is 7.10. The minimum Gasteiger partial charge on any atom is -0.381 e. The van der Waals surface area contributed by atoms with Gasteiger partial charge in [0.2, 0.25) is 5.91 Å². The number of halogens is 2. The number of hydrogen-bond donors (Lipinski definition) is 2. The summed E-state index contributed by atoms with van der Waals surface area (Å²) in [7, 11) is 0. The van der Waals surface area contributed by atoms with Crippen LogP contribution in [-0.2, 0) is 6.54 Å². The van der Waals surface area contributed by atoms with E-state index < -0.39 is 11.7 Å². The van der Waals surface area contributed by atoms with Crippen molar-refractivity contribution in [1.82, 2.24) is 0 Å². The summed E-state index contributed by atoms with van der Waals surface area (Å²) in [6.45, 7) is 0.570. The minimum atomic E-state index is -2.41. The molecule has 2 aromatic rings. The van der Waals surface area contributed by atoms with Gasteiger partial charge in [-0.05, 0) is 42.0 Å². The van der Waals surface area contributed by atoms with E-state index in [-0.39, 0.29) is 0 Å². The third-order valence-corrected chi connectivity index (χ3v) is 3.54. The molecule has 0 saturated heterocycles. The zero-order valence-electron chi connectivity index (χ0n) is 11.1. The van der Waals surface area contributed by atoms with Gasteiger partial charge < -0.3 is 11.1 Å². The van der Waals surface area contributed by atoms with Crippen LogP contribution in [0.5, 0.6) is 0 Å². The number of primary amides is 1. The van der Waals surface area contributed by atoms with Crippen LogP contribution in [-0.4, -0.2) is 11.7 Å². The highest BCUT2D eigenvalue weighted by atomic mass is 32.2. The lowest BCUT2D eigenvalue weighted by molar-refractivity contribution is 0.100. The van der Waals surface area contributed by atoms with E-state index in [1.165, 1.54) is 0 Å². The van der Waals surface area contributed by atoms with Gasteiger partial charge >= 0.3 is 0 Å². The Hall–Kier alpha value is -2.08. The number of carbonyl (C=O) groups is 1. The number of thioether (sulfide) groups is 1. The fourth-order valence-corrected chi connectivity index (χ4v) is 2.24. The quantitative estimate of drug-likeness (QED) is 0.800. The third kappa shape index (κ3) is 4.75. The van der Waals surface area contributed by atoms with Crippen LogP contribution in [0.15, 0.2) is 53.4 Å². The van der Waals surface area contributed by atoms with Crippen LogP contribution in [0.3, 0.4) is 0 Å². The average molecular weight is 308 g/mol. The van der Waals surface area contributed by atoms with Gasteiger partial charge in [-0.25, -0.2) is 0 Å². The Morgan fingerprint density at radius 3 is 2.24 bits per heavy atom. The molecule has 0 atom stereocenters. The van der Waals surface area contributed by atoms with Gasteiger partial charge in [-0.1, -0.05) is 23.9 Å². The van der Waals surface area contributed by atoms with Crippen LogP contribution < -0.4 is 11.1 Å². The molecule has 2 aromatic carbocycles. The molecule has 0 aliphatic carbocycles. The number of carbonyl (C=O) groups excluding carboxylic acids is 1. The van der Waals surface area contributed by atoms with Crippen LogP contribution in [0.4, 0.5) is 14.5 Å². The maximum atomic E-state index is 12.2. The third-order valence-electron chi connectivity index (χ3n) is 2.81. The Kier molecular flexibility index (Phi) is 5.16. The zero-order chi connectivity index (χ0) is 15.2. The van der Waals surface area contributed by atoms with Gasteiger partial charge in [0.05, 0.1) is 0 Å². The van der Waals surface area contributed by atoms with E-state index in [0.29, 0.717) is 28.8 Å². The molecule has 3 nitrogen and oxygen atoms in total. The van der Waals surface area contributed by atoms with Gasteiger partial charge in [-0.2, -0.15) is 8.78 Å². The SMILES string of the molecule is NC(=O)c1ccc(CNc2ccc(SC(F)F)cc2)cc1. The number of rotatable bonds is 6. The number of anilines is 1. The summed E-state index contributed by atoms with van der Waals surface area (Å²) in [5.41, 5.74) is 7.46. The number of alkyl halides is 2. The molecule has 0 fully saturated rings. The molecule has 0 spiro atoms. The van der Waals surface area contributed by atoms with Gasteiger partial charge in [-0.3, -0.25) is 4.79 Å². The first kappa shape index (κ1) is 15.3. The molecule has 0 aromatic heterocycles. The fraction of sp³-hybridized carbons (Fsp3) is 0.133. The Labute approximate surface area is 125 Å². The lowest BCUT2D eigenvalue weighted by atomic mass is 10.1. The molecular formula is C15H14F2N2OS. The highest BCUT2D eigenvalue weighted by molar-refractivity contribution is 7.99. The van der Waals surface area contributed by atoms with E-state index in [1.807, 2.05) is 12.1 Å². The van der Waals surface area contributed by atoms with Crippen LogP contribution in [0.25, 0.3) is 0 Å². The zero-order valence-corrected chi connectivity index (χ0v) is 11.9. The van der Waals surface area contributed by atoms with Crippen molar-refractivity contribution < 1.29 is 13.6 Å². The molecule has 110 valence electrons. The van der Waals surface area contributed by atoms with E-state index in [0.717, 1.165) is 11.3 Å². The van der Waals surface area contributed by atoms with Gasteiger partial charge in [0.25, 0.3) is 5.76 Å². The first-order valence-electron chi connectivity index (χ1n) is 6.22. The number of nitrogens with one attached hydrogen (secondary N) is 1. The highest BCUT2D eigenvalue weighted by Crippen LogP contribution is 2.26. The second-order valence-electron chi connectivity index (χ2n) is 4.32. The largest absolute Gasteiger partial charge is 0.381 e. The molecule has 1 amide bonds. The Balaban J connectivity index is 1.91. The molecule has 2 rings (SSSR count). The topological polar surface area (TPSA) is 55.1 Å². The number of benzene rings is 2. The highest BCUT2D eigenvalue weighted by Gasteiger charge is 2.04. The number of nitrogens with two attached hydrogens (primary N) is 1. The predicted molar refractivity (Wildman–Crippen MR) is 80.6 cm³/mol. The minimum absolute atomic E-state index is 0.457. The van der Waals surface area contributed by atoms with Crippen molar-refractivity contribution in [2.24, 2.45) is 5.73 Å². The molecule has 3 N–H and O–H groups in total. The summed E-state index contributed by atoms with van der Waals surface area (Å²) in [4.78, 5) is 11.5. The first-order chi connectivity index (χ1) is 10.0. The maximum Gasteiger partial charge on any atom is 0.288 e. The van der Waals surface area contributed by atoms with Crippen molar-refractivity contribution in [3.8, 4) is 0 Å². The maximum absolute atomic E-state index is 12.2. The van der Waals surface area contributed by atoms with E-state index in [2.05, 4.69) is 5.32 Å². The van der Waals surface area contributed by atoms with E-state index in [4.69, 9.17) is 5.73 Å². The van der Waals surface area contributed by atoms with Crippen LogP contribution >= 0.6 is 11.8 Å². The van der Waals surface area contributed by atoms with Crippen molar-refractivity contribution >= 4 is 23.4 Å². The van der Waals surface area contributed by atoms with Crippen molar-refractivity contribution in [2.45, 2.75) is 17.2 Å². The Morgan fingerprint density at radius 2 is 1.71 bits per heavy atom. The van der Waals surface area contributed by atoms with Gasteiger partial charge in [0, 0.05) is 22.7 Å². The van der Waals surface area contributed by atoms with Crippen molar-refractivity contribution in [3.63, 3.8) is 0 Å².